The Bertz CT molecular complexity index is 699. The third-order valence-electron chi connectivity index (χ3n) is 6.06. The van der Waals surface area contributed by atoms with Crippen molar-refractivity contribution in [2.45, 2.75) is 56.8 Å². The van der Waals surface area contributed by atoms with Crippen LogP contribution in [-0.2, 0) is 5.41 Å². The molecular formula is C28H35N. The lowest BCUT2D eigenvalue weighted by atomic mass is 9.66. The zero-order valence-electron chi connectivity index (χ0n) is 17.6. The summed E-state index contributed by atoms with van der Waals surface area (Å²) in [6, 6.07) is 33.2. The van der Waals surface area contributed by atoms with Crippen LogP contribution < -0.4 is 5.73 Å². The Hall–Kier alpha value is -2.38. The molecular weight excluding hydrogens is 350 g/mol. The van der Waals surface area contributed by atoms with Crippen LogP contribution in [-0.4, -0.2) is 6.54 Å². The highest BCUT2D eigenvalue weighted by atomic mass is 14.5. The second kappa shape index (κ2) is 11.6. The summed E-state index contributed by atoms with van der Waals surface area (Å²) in [7, 11) is 0. The third kappa shape index (κ3) is 5.58. The summed E-state index contributed by atoms with van der Waals surface area (Å²) >= 11 is 0. The van der Waals surface area contributed by atoms with E-state index in [9.17, 15) is 0 Å². The summed E-state index contributed by atoms with van der Waals surface area (Å²) in [6.45, 7) is 0.827. The van der Waals surface area contributed by atoms with Gasteiger partial charge >= 0.3 is 0 Å². The molecule has 3 rings (SSSR count). The Morgan fingerprint density at radius 1 is 0.448 bits per heavy atom. The molecule has 0 spiro atoms. The van der Waals surface area contributed by atoms with E-state index in [0.29, 0.717) is 0 Å². The van der Waals surface area contributed by atoms with Crippen molar-refractivity contribution in [1.82, 2.24) is 0 Å². The monoisotopic (exact) mass is 385 g/mol. The molecule has 0 aliphatic carbocycles. The first-order chi connectivity index (χ1) is 14.4. The molecule has 0 amide bonds. The highest BCUT2D eigenvalue weighted by Gasteiger charge is 2.35. The van der Waals surface area contributed by atoms with Crippen LogP contribution >= 0.6 is 0 Å². The van der Waals surface area contributed by atoms with E-state index in [4.69, 9.17) is 5.73 Å². The average Bonchev–Trinajstić information content (AvgIpc) is 2.80. The molecule has 0 unspecified atom stereocenters. The van der Waals surface area contributed by atoms with Crippen LogP contribution in [0.2, 0.25) is 0 Å². The van der Waals surface area contributed by atoms with Gasteiger partial charge in [-0.2, -0.15) is 0 Å². The summed E-state index contributed by atoms with van der Waals surface area (Å²) in [5.41, 5.74) is 9.68. The molecule has 0 bridgehead atoms. The fourth-order valence-corrected chi connectivity index (χ4v) is 4.52. The molecule has 152 valence electrons. The second-order valence-corrected chi connectivity index (χ2v) is 8.02. The van der Waals surface area contributed by atoms with Crippen LogP contribution in [0, 0.1) is 0 Å². The number of hydrogen-bond donors (Lipinski definition) is 1. The SMILES string of the molecule is NCCCCCCCCCC(c1ccccc1)(c1ccccc1)c1ccccc1. The molecule has 2 N–H and O–H groups in total. The lowest BCUT2D eigenvalue weighted by Gasteiger charge is -2.36. The predicted octanol–water partition coefficient (Wildman–Crippen LogP) is 7.10. The van der Waals surface area contributed by atoms with E-state index in [0.717, 1.165) is 13.0 Å². The lowest BCUT2D eigenvalue weighted by Crippen LogP contribution is -2.29. The third-order valence-corrected chi connectivity index (χ3v) is 6.06. The van der Waals surface area contributed by atoms with Gasteiger partial charge in [0.05, 0.1) is 0 Å². The Morgan fingerprint density at radius 2 is 0.793 bits per heavy atom. The summed E-state index contributed by atoms with van der Waals surface area (Å²) in [5.74, 6) is 0. The van der Waals surface area contributed by atoms with Gasteiger partial charge in [-0.15, -0.1) is 0 Å². The molecule has 3 aromatic rings. The van der Waals surface area contributed by atoms with Gasteiger partial charge in [-0.1, -0.05) is 130 Å². The van der Waals surface area contributed by atoms with Crippen LogP contribution in [0.15, 0.2) is 91.0 Å². The molecule has 0 saturated carbocycles. The summed E-state index contributed by atoms with van der Waals surface area (Å²) in [4.78, 5) is 0. The van der Waals surface area contributed by atoms with Crippen molar-refractivity contribution in [3.63, 3.8) is 0 Å². The van der Waals surface area contributed by atoms with E-state index in [2.05, 4.69) is 91.0 Å². The molecule has 0 saturated heterocycles. The molecule has 1 heteroatoms. The van der Waals surface area contributed by atoms with Gasteiger partial charge in [0.15, 0.2) is 0 Å². The van der Waals surface area contributed by atoms with Crippen LogP contribution in [0.4, 0.5) is 0 Å². The molecule has 3 aromatic carbocycles. The predicted molar refractivity (Wildman–Crippen MR) is 125 cm³/mol. The fourth-order valence-electron chi connectivity index (χ4n) is 4.52. The zero-order chi connectivity index (χ0) is 20.2. The highest BCUT2D eigenvalue weighted by molar-refractivity contribution is 5.50. The number of rotatable bonds is 12. The van der Waals surface area contributed by atoms with Crippen molar-refractivity contribution in [3.8, 4) is 0 Å². The molecule has 0 heterocycles. The average molecular weight is 386 g/mol. The molecule has 0 aromatic heterocycles. The molecule has 0 aliphatic heterocycles. The van der Waals surface area contributed by atoms with E-state index >= 15 is 0 Å². The van der Waals surface area contributed by atoms with Crippen LogP contribution in [0.3, 0.4) is 0 Å². The van der Waals surface area contributed by atoms with Crippen LogP contribution in [0.5, 0.6) is 0 Å². The minimum Gasteiger partial charge on any atom is -0.330 e. The lowest BCUT2D eigenvalue weighted by molar-refractivity contribution is 0.496. The minimum absolute atomic E-state index is 0.0939. The van der Waals surface area contributed by atoms with Crippen LogP contribution in [0.1, 0.15) is 68.1 Å². The van der Waals surface area contributed by atoms with Gasteiger partial charge in [-0.25, -0.2) is 0 Å². The topological polar surface area (TPSA) is 26.0 Å². The molecule has 0 atom stereocenters. The maximum atomic E-state index is 5.60. The van der Waals surface area contributed by atoms with Crippen molar-refractivity contribution in [1.29, 1.82) is 0 Å². The fraction of sp³-hybridized carbons (Fsp3) is 0.357. The maximum absolute atomic E-state index is 5.60. The van der Waals surface area contributed by atoms with Crippen molar-refractivity contribution in [3.05, 3.63) is 108 Å². The van der Waals surface area contributed by atoms with Crippen molar-refractivity contribution in [2.75, 3.05) is 6.54 Å². The summed E-state index contributed by atoms with van der Waals surface area (Å²) < 4.78 is 0. The Labute approximate surface area is 177 Å². The first-order valence-electron chi connectivity index (χ1n) is 11.2. The van der Waals surface area contributed by atoms with Gasteiger partial charge in [0.2, 0.25) is 0 Å². The molecule has 1 nitrogen and oxygen atoms in total. The maximum Gasteiger partial charge on any atom is 0.0451 e. The van der Waals surface area contributed by atoms with Gasteiger partial charge in [-0.05, 0) is 36.1 Å². The molecule has 0 radical (unpaired) electrons. The number of benzene rings is 3. The first-order valence-corrected chi connectivity index (χ1v) is 11.2. The molecule has 0 aliphatic rings. The van der Waals surface area contributed by atoms with Crippen LogP contribution in [0.25, 0.3) is 0 Å². The van der Waals surface area contributed by atoms with Gasteiger partial charge in [0, 0.05) is 5.41 Å². The zero-order valence-corrected chi connectivity index (χ0v) is 17.6. The largest absolute Gasteiger partial charge is 0.330 e. The van der Waals surface area contributed by atoms with Gasteiger partial charge in [-0.3, -0.25) is 0 Å². The Balaban J connectivity index is 1.83. The van der Waals surface area contributed by atoms with E-state index < -0.39 is 0 Å². The van der Waals surface area contributed by atoms with E-state index in [1.165, 1.54) is 61.6 Å². The van der Waals surface area contributed by atoms with Gasteiger partial charge < -0.3 is 5.73 Å². The molecule has 0 fully saturated rings. The first kappa shape index (κ1) is 21.3. The number of nitrogens with two attached hydrogens (primary N) is 1. The van der Waals surface area contributed by atoms with E-state index in [-0.39, 0.29) is 5.41 Å². The smallest absolute Gasteiger partial charge is 0.0451 e. The van der Waals surface area contributed by atoms with Crippen molar-refractivity contribution >= 4 is 0 Å². The van der Waals surface area contributed by atoms with E-state index in [1.807, 2.05) is 0 Å². The standard InChI is InChI=1S/C28H35N/c29-24-16-5-3-1-2-4-15-23-28(25-17-9-6-10-18-25,26-19-11-7-12-20-26)27-21-13-8-14-22-27/h6-14,17-22H,1-5,15-16,23-24,29H2. The summed E-state index contributed by atoms with van der Waals surface area (Å²) in [5, 5.41) is 0. The van der Waals surface area contributed by atoms with E-state index in [1.54, 1.807) is 0 Å². The quantitative estimate of drug-likeness (QED) is 0.261. The van der Waals surface area contributed by atoms with Gasteiger partial charge in [0.25, 0.3) is 0 Å². The Kier molecular flexibility index (Phi) is 8.52. The minimum atomic E-state index is -0.0939. The summed E-state index contributed by atoms with van der Waals surface area (Å²) in [6.07, 6.45) is 10.1. The number of hydrogen-bond acceptors (Lipinski definition) is 1. The van der Waals surface area contributed by atoms with Crippen molar-refractivity contribution in [2.24, 2.45) is 5.73 Å². The molecule has 29 heavy (non-hydrogen) atoms. The second-order valence-electron chi connectivity index (χ2n) is 8.02. The van der Waals surface area contributed by atoms with Gasteiger partial charge in [0.1, 0.15) is 0 Å². The number of unbranched alkanes of at least 4 members (excludes halogenated alkanes) is 6. The highest BCUT2D eigenvalue weighted by Crippen LogP contribution is 2.43. The Morgan fingerprint density at radius 3 is 1.17 bits per heavy atom. The normalized spacial score (nSPS) is 11.5. The van der Waals surface area contributed by atoms with Crippen molar-refractivity contribution < 1.29 is 0 Å².